The topological polar surface area (TPSA) is 88.5 Å². The number of hydrogen-bond acceptors (Lipinski definition) is 6. The molecule has 0 aromatic heterocycles. The minimum Gasteiger partial charge on any atom is -0.496 e. The van der Waals surface area contributed by atoms with E-state index in [2.05, 4.69) is 4.74 Å². The van der Waals surface area contributed by atoms with E-state index in [1.165, 1.54) is 27.0 Å². The first-order valence-corrected chi connectivity index (χ1v) is 9.95. The molecule has 1 aromatic carbocycles. The van der Waals surface area contributed by atoms with Crippen LogP contribution in [0.3, 0.4) is 0 Å². The zero-order valence-electron chi connectivity index (χ0n) is 18.5. The van der Waals surface area contributed by atoms with Gasteiger partial charge >= 0.3 is 24.4 Å². The minimum atomic E-state index is -5.78. The summed E-state index contributed by atoms with van der Waals surface area (Å²) in [4.78, 5) is 25.7. The second-order valence-corrected chi connectivity index (χ2v) is 8.00. The van der Waals surface area contributed by atoms with Gasteiger partial charge in [0.05, 0.1) is 7.11 Å². The van der Waals surface area contributed by atoms with Crippen LogP contribution in [-0.4, -0.2) is 84.3 Å². The Morgan fingerprint density at radius 1 is 1.03 bits per heavy atom. The number of carboxylic acids is 1. The summed E-state index contributed by atoms with van der Waals surface area (Å²) in [5.74, 6) is -0.456. The number of alkyl halides is 6. The second-order valence-electron chi connectivity index (χ2n) is 8.00. The highest BCUT2D eigenvalue weighted by Crippen LogP contribution is 2.36. The van der Waals surface area contributed by atoms with E-state index < -0.39 is 36.1 Å². The average Bonchev–Trinajstić information content (AvgIpc) is 2.70. The standard InChI is InChI=1S/C20H24F6N2O6/c1-18(2,16(29)30)34-13-4-5-14(32-3)12(10-13)11-27-6-8-28(9-7-27)17(31)33-15(19(21,22)23)20(24,25)26/h4-5,10,15H,6-9,11H2,1-3H3,(H,29,30). The number of amides is 1. The molecule has 1 amide bonds. The molecule has 1 aromatic rings. The van der Waals surface area contributed by atoms with Crippen LogP contribution < -0.4 is 9.47 Å². The van der Waals surface area contributed by atoms with Crippen LogP contribution in [0.5, 0.6) is 11.5 Å². The van der Waals surface area contributed by atoms with Crippen LogP contribution in [-0.2, 0) is 16.1 Å². The molecule has 0 aliphatic carbocycles. The smallest absolute Gasteiger partial charge is 0.434 e. The molecule has 14 heteroatoms. The number of nitrogens with zero attached hydrogens (tertiary/aromatic N) is 2. The van der Waals surface area contributed by atoms with Crippen molar-refractivity contribution >= 4 is 12.1 Å². The third-order valence-electron chi connectivity index (χ3n) is 4.98. The molecule has 0 saturated carbocycles. The van der Waals surface area contributed by atoms with Gasteiger partial charge in [-0.3, -0.25) is 4.90 Å². The van der Waals surface area contributed by atoms with Crippen molar-refractivity contribution < 1.29 is 55.2 Å². The highest BCUT2D eigenvalue weighted by atomic mass is 19.4. The fourth-order valence-corrected chi connectivity index (χ4v) is 3.10. The van der Waals surface area contributed by atoms with Gasteiger partial charge in [0, 0.05) is 38.3 Å². The molecule has 1 N–H and O–H groups in total. The first kappa shape index (κ1) is 27.3. The third-order valence-corrected chi connectivity index (χ3v) is 4.98. The molecule has 8 nitrogen and oxygen atoms in total. The highest BCUT2D eigenvalue weighted by molar-refractivity contribution is 5.76. The first-order valence-electron chi connectivity index (χ1n) is 9.95. The van der Waals surface area contributed by atoms with Crippen LogP contribution in [0, 0.1) is 0 Å². The molecule has 0 atom stereocenters. The number of carbonyl (C=O) groups is 2. The predicted octanol–water partition coefficient (Wildman–Crippen LogP) is 3.68. The summed E-state index contributed by atoms with van der Waals surface area (Å²) >= 11 is 0. The molecule has 1 aliphatic heterocycles. The number of rotatable bonds is 7. The van der Waals surface area contributed by atoms with Crippen LogP contribution >= 0.6 is 0 Å². The molecular weight excluding hydrogens is 478 g/mol. The van der Waals surface area contributed by atoms with Gasteiger partial charge in [-0.15, -0.1) is 0 Å². The van der Waals surface area contributed by atoms with Crippen LogP contribution in [0.25, 0.3) is 0 Å². The Morgan fingerprint density at radius 3 is 2.06 bits per heavy atom. The van der Waals surface area contributed by atoms with E-state index in [0.29, 0.717) is 11.3 Å². The van der Waals surface area contributed by atoms with Gasteiger partial charge in [-0.05, 0) is 32.0 Å². The molecule has 2 rings (SSSR count). The SMILES string of the molecule is COc1ccc(OC(C)(C)C(=O)O)cc1CN1CCN(C(=O)OC(C(F)(F)F)C(F)(F)F)CC1. The summed E-state index contributed by atoms with van der Waals surface area (Å²) in [5, 5.41) is 9.22. The van der Waals surface area contributed by atoms with E-state index in [4.69, 9.17) is 9.47 Å². The number of carboxylic acid groups (broad SMARTS) is 1. The van der Waals surface area contributed by atoms with Crippen molar-refractivity contribution in [3.63, 3.8) is 0 Å². The number of aliphatic carboxylic acids is 1. The van der Waals surface area contributed by atoms with Crippen molar-refractivity contribution in [1.29, 1.82) is 0 Å². The monoisotopic (exact) mass is 502 g/mol. The highest BCUT2D eigenvalue weighted by Gasteiger charge is 2.60. The van der Waals surface area contributed by atoms with E-state index >= 15 is 0 Å². The number of halogens is 6. The first-order chi connectivity index (χ1) is 15.5. The maximum atomic E-state index is 12.6. The molecule has 1 saturated heterocycles. The normalized spacial score (nSPS) is 15.9. The summed E-state index contributed by atoms with van der Waals surface area (Å²) < 4.78 is 90.2. The number of piperazine rings is 1. The van der Waals surface area contributed by atoms with Crippen LogP contribution in [0.2, 0.25) is 0 Å². The van der Waals surface area contributed by atoms with Gasteiger partial charge in [-0.25, -0.2) is 9.59 Å². The fraction of sp³-hybridized carbons (Fsp3) is 0.600. The number of carbonyl (C=O) groups excluding carboxylic acids is 1. The fourth-order valence-electron chi connectivity index (χ4n) is 3.10. The lowest BCUT2D eigenvalue weighted by Crippen LogP contribution is -2.52. The van der Waals surface area contributed by atoms with Crippen molar-refractivity contribution in [2.24, 2.45) is 0 Å². The molecule has 0 radical (unpaired) electrons. The molecule has 0 bridgehead atoms. The Bertz CT molecular complexity index is 867. The lowest BCUT2D eigenvalue weighted by molar-refractivity contribution is -0.308. The van der Waals surface area contributed by atoms with Crippen LogP contribution in [0.4, 0.5) is 31.1 Å². The minimum absolute atomic E-state index is 0.132. The summed E-state index contributed by atoms with van der Waals surface area (Å²) in [6, 6.07) is 4.67. The zero-order valence-corrected chi connectivity index (χ0v) is 18.5. The van der Waals surface area contributed by atoms with Crippen molar-refractivity contribution in [1.82, 2.24) is 9.80 Å². The molecule has 0 unspecified atom stereocenters. The molecular formula is C20H24F6N2O6. The largest absolute Gasteiger partial charge is 0.496 e. The average molecular weight is 502 g/mol. The van der Waals surface area contributed by atoms with Gasteiger partial charge in [0.25, 0.3) is 6.10 Å². The van der Waals surface area contributed by atoms with Crippen LogP contribution in [0.1, 0.15) is 19.4 Å². The van der Waals surface area contributed by atoms with E-state index in [1.807, 2.05) is 0 Å². The second kappa shape index (κ2) is 10.2. The molecule has 0 spiro atoms. The van der Waals surface area contributed by atoms with Crippen LogP contribution in [0.15, 0.2) is 18.2 Å². The number of ether oxygens (including phenoxy) is 3. The Balaban J connectivity index is 2.03. The van der Waals surface area contributed by atoms with Gasteiger partial charge in [-0.2, -0.15) is 26.3 Å². The van der Waals surface area contributed by atoms with Crippen molar-refractivity contribution in [2.75, 3.05) is 33.3 Å². The Kier molecular flexibility index (Phi) is 8.17. The number of methoxy groups -OCH3 is 1. The molecule has 1 heterocycles. The van der Waals surface area contributed by atoms with Gasteiger partial charge in [0.2, 0.25) is 0 Å². The van der Waals surface area contributed by atoms with E-state index in [-0.39, 0.29) is 38.5 Å². The van der Waals surface area contributed by atoms with Crippen molar-refractivity contribution in [2.45, 2.75) is 44.4 Å². The third kappa shape index (κ3) is 7.05. The summed E-state index contributed by atoms with van der Waals surface area (Å²) in [6.07, 6.45) is -17.5. The van der Waals surface area contributed by atoms with Gasteiger partial charge in [-0.1, -0.05) is 0 Å². The van der Waals surface area contributed by atoms with E-state index in [1.54, 1.807) is 17.0 Å². The maximum absolute atomic E-state index is 12.6. The lowest BCUT2D eigenvalue weighted by Gasteiger charge is -2.35. The Labute approximate surface area is 191 Å². The lowest BCUT2D eigenvalue weighted by atomic mass is 10.1. The van der Waals surface area contributed by atoms with Crippen molar-refractivity contribution in [3.8, 4) is 11.5 Å². The summed E-state index contributed by atoms with van der Waals surface area (Å²) in [6.45, 7) is 2.93. The quantitative estimate of drug-likeness (QED) is 0.569. The number of benzene rings is 1. The van der Waals surface area contributed by atoms with E-state index in [0.717, 1.165) is 4.90 Å². The van der Waals surface area contributed by atoms with Crippen molar-refractivity contribution in [3.05, 3.63) is 23.8 Å². The Morgan fingerprint density at radius 2 is 1.59 bits per heavy atom. The Hall–Kier alpha value is -2.90. The summed E-state index contributed by atoms with van der Waals surface area (Å²) in [5.41, 5.74) is -0.894. The molecule has 1 aliphatic rings. The van der Waals surface area contributed by atoms with Gasteiger partial charge in [0.15, 0.2) is 5.60 Å². The predicted molar refractivity (Wildman–Crippen MR) is 105 cm³/mol. The zero-order chi connectivity index (χ0) is 25.9. The molecule has 34 heavy (non-hydrogen) atoms. The maximum Gasteiger partial charge on any atom is 0.434 e. The number of hydrogen-bond donors (Lipinski definition) is 1. The van der Waals surface area contributed by atoms with E-state index in [9.17, 15) is 41.0 Å². The van der Waals surface area contributed by atoms with Gasteiger partial charge in [0.1, 0.15) is 11.5 Å². The summed E-state index contributed by atoms with van der Waals surface area (Å²) in [7, 11) is 1.42. The van der Waals surface area contributed by atoms with Gasteiger partial charge < -0.3 is 24.2 Å². The molecule has 192 valence electrons. The molecule has 1 fully saturated rings.